The van der Waals surface area contributed by atoms with Gasteiger partial charge in [0.05, 0.1) is 22.1 Å². The molecule has 0 spiro atoms. The summed E-state index contributed by atoms with van der Waals surface area (Å²) in [5.41, 5.74) is 12.1. The van der Waals surface area contributed by atoms with Crippen LogP contribution < -0.4 is 0 Å². The SMILES string of the molecule is c1ccc(-c2ccc(-n3c4ccc(-c5ccc6c(c5)c5ccccc5n6-c5ccc6ccccc6c5)cc4c4c5sc6ccccc6c5ccc43)cc2)cc1. The normalized spacial score (nSPS) is 12.0. The number of thiophene rings is 1. The van der Waals surface area contributed by atoms with Gasteiger partial charge in [-0.2, -0.15) is 0 Å². The lowest BCUT2D eigenvalue weighted by atomic mass is 10.00. The van der Waals surface area contributed by atoms with E-state index in [1.54, 1.807) is 0 Å². The van der Waals surface area contributed by atoms with Crippen molar-refractivity contribution in [3.05, 3.63) is 194 Å². The lowest BCUT2D eigenvalue weighted by molar-refractivity contribution is 1.18. The molecule has 0 unspecified atom stereocenters. The maximum absolute atomic E-state index is 2.45. The Kier molecular flexibility index (Phi) is 6.54. The molecule has 0 amide bonds. The second-order valence-electron chi connectivity index (χ2n) is 14.5. The molecular weight excluding hydrogens is 685 g/mol. The van der Waals surface area contributed by atoms with Gasteiger partial charge < -0.3 is 9.13 Å². The summed E-state index contributed by atoms with van der Waals surface area (Å²) < 4.78 is 7.53. The van der Waals surface area contributed by atoms with E-state index in [2.05, 4.69) is 203 Å². The summed E-state index contributed by atoms with van der Waals surface area (Å²) in [4.78, 5) is 0. The minimum absolute atomic E-state index is 1.16. The molecule has 0 radical (unpaired) electrons. The third kappa shape index (κ3) is 4.60. The Labute approximate surface area is 321 Å². The summed E-state index contributed by atoms with van der Waals surface area (Å²) in [6.45, 7) is 0. The number of aromatic nitrogens is 2. The third-order valence-corrected chi connectivity index (χ3v) is 12.7. The smallest absolute Gasteiger partial charge is 0.0555 e. The zero-order chi connectivity index (χ0) is 36.0. The Morgan fingerprint density at radius 1 is 0.309 bits per heavy atom. The fourth-order valence-corrected chi connectivity index (χ4v) is 10.2. The van der Waals surface area contributed by atoms with Gasteiger partial charge in [0.15, 0.2) is 0 Å². The fourth-order valence-electron chi connectivity index (χ4n) is 8.92. The van der Waals surface area contributed by atoms with Gasteiger partial charge in [0.25, 0.3) is 0 Å². The fraction of sp³-hybridized carbons (Fsp3) is 0. The maximum Gasteiger partial charge on any atom is 0.0555 e. The predicted molar refractivity (Wildman–Crippen MR) is 236 cm³/mol. The molecule has 0 N–H and O–H groups in total. The molecule has 3 heterocycles. The van der Waals surface area contributed by atoms with Crippen LogP contribution >= 0.6 is 11.3 Å². The topological polar surface area (TPSA) is 9.86 Å². The number of fused-ring (bicyclic) bond motifs is 11. The van der Waals surface area contributed by atoms with E-state index >= 15 is 0 Å². The first kappa shape index (κ1) is 30.5. The molecule has 0 aliphatic heterocycles. The Bertz CT molecular complexity index is 3470. The monoisotopic (exact) mass is 716 g/mol. The van der Waals surface area contributed by atoms with Gasteiger partial charge in [0, 0.05) is 53.1 Å². The molecule has 12 aromatic rings. The Hall–Kier alpha value is -6.94. The van der Waals surface area contributed by atoms with E-state index in [1.807, 2.05) is 11.3 Å². The van der Waals surface area contributed by atoms with Crippen LogP contribution in [0.15, 0.2) is 194 Å². The van der Waals surface area contributed by atoms with Gasteiger partial charge in [-0.15, -0.1) is 11.3 Å². The summed E-state index contributed by atoms with van der Waals surface area (Å²) in [5, 5.41) is 10.2. The van der Waals surface area contributed by atoms with E-state index in [9.17, 15) is 0 Å². The summed E-state index contributed by atoms with van der Waals surface area (Å²) >= 11 is 1.90. The van der Waals surface area contributed by atoms with Crippen LogP contribution in [0.25, 0.3) is 108 Å². The minimum Gasteiger partial charge on any atom is -0.309 e. The van der Waals surface area contributed by atoms with Gasteiger partial charge in [-0.3, -0.25) is 0 Å². The molecule has 0 aliphatic rings. The number of para-hydroxylation sites is 1. The summed E-state index contributed by atoms with van der Waals surface area (Å²) in [6, 6.07) is 71.4. The van der Waals surface area contributed by atoms with Crippen molar-refractivity contribution in [1.82, 2.24) is 9.13 Å². The Balaban J connectivity index is 1.08. The number of nitrogens with zero attached hydrogens (tertiary/aromatic N) is 2. The van der Waals surface area contributed by atoms with Crippen molar-refractivity contribution in [1.29, 1.82) is 0 Å². The zero-order valence-corrected chi connectivity index (χ0v) is 30.6. The van der Waals surface area contributed by atoms with Crippen molar-refractivity contribution in [3.63, 3.8) is 0 Å². The van der Waals surface area contributed by atoms with Gasteiger partial charge >= 0.3 is 0 Å². The molecule has 256 valence electrons. The molecule has 2 nitrogen and oxygen atoms in total. The predicted octanol–water partition coefficient (Wildman–Crippen LogP) is 14.7. The van der Waals surface area contributed by atoms with Crippen LogP contribution in [0.2, 0.25) is 0 Å². The lowest BCUT2D eigenvalue weighted by Gasteiger charge is -2.11. The van der Waals surface area contributed by atoms with Gasteiger partial charge in [-0.05, 0) is 99.8 Å². The van der Waals surface area contributed by atoms with E-state index in [4.69, 9.17) is 0 Å². The molecule has 9 aromatic carbocycles. The number of hydrogen-bond acceptors (Lipinski definition) is 1. The first-order valence-electron chi connectivity index (χ1n) is 18.8. The number of hydrogen-bond donors (Lipinski definition) is 0. The average Bonchev–Trinajstić information content (AvgIpc) is 3.91. The Morgan fingerprint density at radius 2 is 0.891 bits per heavy atom. The van der Waals surface area contributed by atoms with Crippen LogP contribution in [-0.2, 0) is 0 Å². The van der Waals surface area contributed by atoms with Crippen molar-refractivity contribution < 1.29 is 0 Å². The number of benzene rings is 9. The standard InChI is InChI=1S/C52H32N2S/c1-2-10-33(11-3-1)35-18-23-39(24-19-35)53-48-28-22-38(32-45(48)51-49(53)29-26-43-42-15-7-9-17-50(42)55-52(43)51)37-21-27-47-44(31-37)41-14-6-8-16-46(41)54(47)40-25-20-34-12-4-5-13-36(34)30-40/h1-32H. The van der Waals surface area contributed by atoms with Crippen LogP contribution in [0.1, 0.15) is 0 Å². The molecule has 3 aromatic heterocycles. The van der Waals surface area contributed by atoms with Crippen molar-refractivity contribution >= 4 is 85.9 Å². The highest BCUT2D eigenvalue weighted by Gasteiger charge is 2.19. The maximum atomic E-state index is 2.45. The summed E-state index contributed by atoms with van der Waals surface area (Å²) in [5.74, 6) is 0. The van der Waals surface area contributed by atoms with Crippen molar-refractivity contribution in [2.24, 2.45) is 0 Å². The quantitative estimate of drug-likeness (QED) is 0.172. The van der Waals surface area contributed by atoms with Crippen molar-refractivity contribution in [2.45, 2.75) is 0 Å². The van der Waals surface area contributed by atoms with Crippen LogP contribution in [0.5, 0.6) is 0 Å². The zero-order valence-electron chi connectivity index (χ0n) is 29.8. The molecule has 0 saturated heterocycles. The van der Waals surface area contributed by atoms with E-state index < -0.39 is 0 Å². The van der Waals surface area contributed by atoms with E-state index in [0.717, 1.165) is 5.69 Å². The highest BCUT2D eigenvalue weighted by Crippen LogP contribution is 2.45. The highest BCUT2D eigenvalue weighted by molar-refractivity contribution is 7.26. The van der Waals surface area contributed by atoms with Crippen LogP contribution in [-0.4, -0.2) is 9.13 Å². The highest BCUT2D eigenvalue weighted by atomic mass is 32.1. The minimum atomic E-state index is 1.16. The van der Waals surface area contributed by atoms with Crippen LogP contribution in [0.3, 0.4) is 0 Å². The molecule has 3 heteroatoms. The second-order valence-corrected chi connectivity index (χ2v) is 15.6. The van der Waals surface area contributed by atoms with Gasteiger partial charge in [0.1, 0.15) is 0 Å². The van der Waals surface area contributed by atoms with Crippen molar-refractivity contribution in [3.8, 4) is 33.6 Å². The number of rotatable bonds is 4. The van der Waals surface area contributed by atoms with Gasteiger partial charge in [-0.25, -0.2) is 0 Å². The van der Waals surface area contributed by atoms with E-state index in [-0.39, 0.29) is 0 Å². The molecule has 0 atom stereocenters. The molecule has 0 aliphatic carbocycles. The van der Waals surface area contributed by atoms with Crippen LogP contribution in [0, 0.1) is 0 Å². The molecule has 12 rings (SSSR count). The molecule has 55 heavy (non-hydrogen) atoms. The average molecular weight is 717 g/mol. The third-order valence-electron chi connectivity index (χ3n) is 11.5. The first-order valence-corrected chi connectivity index (χ1v) is 19.7. The van der Waals surface area contributed by atoms with Crippen LogP contribution in [0.4, 0.5) is 0 Å². The molecule has 0 saturated carbocycles. The van der Waals surface area contributed by atoms with Gasteiger partial charge in [-0.1, -0.05) is 127 Å². The summed E-state index contributed by atoms with van der Waals surface area (Å²) in [7, 11) is 0. The largest absolute Gasteiger partial charge is 0.309 e. The second kappa shape index (κ2) is 11.8. The first-order chi connectivity index (χ1) is 27.3. The van der Waals surface area contributed by atoms with E-state index in [0.29, 0.717) is 0 Å². The lowest BCUT2D eigenvalue weighted by Crippen LogP contribution is -1.94. The van der Waals surface area contributed by atoms with Gasteiger partial charge in [0.2, 0.25) is 0 Å². The molecular formula is C52H32N2S. The summed E-state index contributed by atoms with van der Waals surface area (Å²) in [6.07, 6.45) is 0. The molecule has 0 bridgehead atoms. The molecule has 0 fully saturated rings. The van der Waals surface area contributed by atoms with E-state index in [1.165, 1.54) is 102 Å². The Morgan fingerprint density at radius 3 is 1.73 bits per heavy atom. The van der Waals surface area contributed by atoms with Crippen molar-refractivity contribution in [2.75, 3.05) is 0 Å².